The van der Waals surface area contributed by atoms with Gasteiger partial charge in [0.15, 0.2) is 0 Å². The molecule has 0 saturated carbocycles. The van der Waals surface area contributed by atoms with Gasteiger partial charge >= 0.3 is 0 Å². The van der Waals surface area contributed by atoms with E-state index in [0.717, 1.165) is 17.1 Å². The molecule has 0 fully saturated rings. The zero-order valence-corrected chi connectivity index (χ0v) is 34.2. The second kappa shape index (κ2) is 13.4. The van der Waals surface area contributed by atoms with Crippen molar-refractivity contribution in [2.24, 2.45) is 0 Å². The average Bonchev–Trinajstić information content (AvgIpc) is 3.93. The highest BCUT2D eigenvalue weighted by atomic mass is 32.1. The predicted octanol–water partition coefficient (Wildman–Crippen LogP) is 16.3. The molecule has 2 heterocycles. The molecule has 284 valence electrons. The lowest BCUT2D eigenvalue weighted by Gasteiger charge is -2.28. The minimum Gasteiger partial charge on any atom is -0.309 e. The summed E-state index contributed by atoms with van der Waals surface area (Å²) in [4.78, 5) is 2.51. The van der Waals surface area contributed by atoms with E-state index < -0.39 is 0 Å². The van der Waals surface area contributed by atoms with Crippen LogP contribution in [-0.4, -0.2) is 4.57 Å². The quantitative estimate of drug-likeness (QED) is 0.163. The van der Waals surface area contributed by atoms with Crippen molar-refractivity contribution in [2.75, 3.05) is 4.90 Å². The van der Waals surface area contributed by atoms with Gasteiger partial charge in [-0.3, -0.25) is 0 Å². The summed E-state index contributed by atoms with van der Waals surface area (Å²) < 4.78 is 5.07. The van der Waals surface area contributed by atoms with Crippen LogP contribution in [0.2, 0.25) is 0 Å². The number of nitrogens with zero attached hydrogens (tertiary/aromatic N) is 2. The van der Waals surface area contributed by atoms with Crippen LogP contribution < -0.4 is 4.90 Å². The van der Waals surface area contributed by atoms with E-state index in [4.69, 9.17) is 0 Å². The molecule has 9 aromatic carbocycles. The van der Waals surface area contributed by atoms with Crippen LogP contribution >= 0.6 is 11.3 Å². The fourth-order valence-corrected chi connectivity index (χ4v) is 11.1. The molecule has 0 unspecified atom stereocenters. The van der Waals surface area contributed by atoms with Crippen molar-refractivity contribution in [3.63, 3.8) is 0 Å². The summed E-state index contributed by atoms with van der Waals surface area (Å²) in [6.07, 6.45) is 0. The van der Waals surface area contributed by atoms with Crippen molar-refractivity contribution in [3.8, 4) is 39.1 Å². The first-order valence-electron chi connectivity index (χ1n) is 20.8. The molecule has 0 spiro atoms. The lowest BCUT2D eigenvalue weighted by Crippen LogP contribution is -2.16. The Morgan fingerprint density at radius 3 is 1.90 bits per heavy atom. The van der Waals surface area contributed by atoms with Gasteiger partial charge in [0, 0.05) is 54.3 Å². The van der Waals surface area contributed by atoms with Crippen LogP contribution in [-0.2, 0) is 5.41 Å². The van der Waals surface area contributed by atoms with Gasteiger partial charge in [-0.15, -0.1) is 11.3 Å². The van der Waals surface area contributed by atoms with Crippen LogP contribution in [0.15, 0.2) is 206 Å². The number of para-hydroxylation sites is 1. The number of hydrogen-bond donors (Lipinski definition) is 0. The van der Waals surface area contributed by atoms with E-state index >= 15 is 0 Å². The predicted molar refractivity (Wildman–Crippen MR) is 257 cm³/mol. The zero-order valence-electron chi connectivity index (χ0n) is 33.4. The normalized spacial score (nSPS) is 13.0. The van der Waals surface area contributed by atoms with Crippen LogP contribution in [0, 0.1) is 0 Å². The highest BCUT2D eigenvalue weighted by Gasteiger charge is 2.36. The molecule has 2 aromatic heterocycles. The van der Waals surface area contributed by atoms with Gasteiger partial charge in [-0.05, 0) is 99.6 Å². The summed E-state index contributed by atoms with van der Waals surface area (Å²) in [5.74, 6) is 0. The summed E-state index contributed by atoms with van der Waals surface area (Å²) in [7, 11) is 0. The van der Waals surface area contributed by atoms with Gasteiger partial charge in [0.1, 0.15) is 0 Å². The van der Waals surface area contributed by atoms with E-state index in [1.807, 2.05) is 11.3 Å². The second-order valence-electron chi connectivity index (χ2n) is 16.5. The van der Waals surface area contributed by atoms with Gasteiger partial charge in [-0.1, -0.05) is 159 Å². The molecule has 1 aliphatic rings. The SMILES string of the molecule is CC1(C)c2ccccc2-c2ccc(N(c3ccc4c5cc(-c6ccccc6)cc(-c6ccccc6)c5n(-c5ccccc5)c4c3)c3cccc4c3sc3ccccc34)cc21. The first-order chi connectivity index (χ1) is 29.5. The molecule has 1 aliphatic carbocycles. The molecule has 0 aliphatic heterocycles. The van der Waals surface area contributed by atoms with Gasteiger partial charge in [0.25, 0.3) is 0 Å². The Kier molecular flexibility index (Phi) is 7.79. The van der Waals surface area contributed by atoms with E-state index in [2.05, 4.69) is 230 Å². The van der Waals surface area contributed by atoms with Crippen molar-refractivity contribution in [1.29, 1.82) is 0 Å². The molecule has 0 amide bonds. The van der Waals surface area contributed by atoms with Crippen LogP contribution in [0.3, 0.4) is 0 Å². The third kappa shape index (κ3) is 5.26. The summed E-state index contributed by atoms with van der Waals surface area (Å²) in [6, 6.07) is 76.1. The van der Waals surface area contributed by atoms with E-state index in [9.17, 15) is 0 Å². The lowest BCUT2D eigenvalue weighted by molar-refractivity contribution is 0.660. The largest absolute Gasteiger partial charge is 0.309 e. The molecule has 0 N–H and O–H groups in total. The minimum atomic E-state index is -0.134. The van der Waals surface area contributed by atoms with Gasteiger partial charge in [-0.2, -0.15) is 0 Å². The Balaban J connectivity index is 1.17. The monoisotopic (exact) mass is 784 g/mol. The van der Waals surface area contributed by atoms with Crippen molar-refractivity contribution < 1.29 is 0 Å². The molecule has 60 heavy (non-hydrogen) atoms. The van der Waals surface area contributed by atoms with E-state index in [-0.39, 0.29) is 5.41 Å². The van der Waals surface area contributed by atoms with Crippen LogP contribution in [0.25, 0.3) is 81.0 Å². The molecule has 0 radical (unpaired) electrons. The van der Waals surface area contributed by atoms with Crippen LogP contribution in [0.5, 0.6) is 0 Å². The van der Waals surface area contributed by atoms with Crippen LogP contribution in [0.1, 0.15) is 25.0 Å². The maximum Gasteiger partial charge on any atom is 0.0640 e. The summed E-state index contributed by atoms with van der Waals surface area (Å²) >= 11 is 1.88. The fourth-order valence-electron chi connectivity index (χ4n) is 9.92. The second-order valence-corrected chi connectivity index (χ2v) is 17.6. The van der Waals surface area contributed by atoms with Gasteiger partial charge in [0.05, 0.1) is 21.4 Å². The lowest BCUT2D eigenvalue weighted by atomic mass is 9.82. The first-order valence-corrected chi connectivity index (χ1v) is 21.6. The maximum atomic E-state index is 2.51. The number of benzene rings is 9. The Labute approximate surface area is 353 Å². The Morgan fingerprint density at radius 2 is 1.08 bits per heavy atom. The number of rotatable bonds is 6. The summed E-state index contributed by atoms with van der Waals surface area (Å²) in [6.45, 7) is 4.74. The molecule has 3 heteroatoms. The van der Waals surface area contributed by atoms with E-state index in [0.29, 0.717) is 0 Å². The highest BCUT2D eigenvalue weighted by molar-refractivity contribution is 7.26. The highest BCUT2D eigenvalue weighted by Crippen LogP contribution is 2.52. The zero-order chi connectivity index (χ0) is 40.0. The fraction of sp³-hybridized carbons (Fsp3) is 0.0526. The standard InChI is InChI=1S/C57H40N2S/c1-57(2)50-26-14-12-23-43(50)44-31-29-41(35-51(44)57)58(52-27-16-25-47-46-24-13-15-28-54(46)60-56(47)52)42-30-32-45-49-34-39(37-17-6-3-7-18-37)33-48(38-19-8-4-9-20-38)55(49)59(53(45)36-42)40-21-10-5-11-22-40/h3-36H,1-2H3. The number of thiophene rings is 1. The average molecular weight is 785 g/mol. The van der Waals surface area contributed by atoms with Crippen molar-refractivity contribution in [1.82, 2.24) is 4.57 Å². The van der Waals surface area contributed by atoms with Gasteiger partial charge in [0.2, 0.25) is 0 Å². The molecule has 0 atom stereocenters. The molecular formula is C57H40N2S. The van der Waals surface area contributed by atoms with Crippen molar-refractivity contribution in [3.05, 3.63) is 217 Å². The number of fused-ring (bicyclic) bond motifs is 9. The molecule has 0 saturated heterocycles. The molecule has 11 aromatic rings. The third-order valence-electron chi connectivity index (χ3n) is 12.8. The van der Waals surface area contributed by atoms with Crippen molar-refractivity contribution >= 4 is 70.4 Å². The Morgan fingerprint density at radius 1 is 0.433 bits per heavy atom. The number of aromatic nitrogens is 1. The summed E-state index contributed by atoms with van der Waals surface area (Å²) in [5.41, 5.74) is 17.0. The summed E-state index contributed by atoms with van der Waals surface area (Å²) in [5, 5.41) is 5.04. The number of hydrogen-bond acceptors (Lipinski definition) is 2. The Hall–Kier alpha value is -7.20. The van der Waals surface area contributed by atoms with Crippen molar-refractivity contribution in [2.45, 2.75) is 19.3 Å². The topological polar surface area (TPSA) is 8.17 Å². The van der Waals surface area contributed by atoms with Gasteiger partial charge in [-0.25, -0.2) is 0 Å². The smallest absolute Gasteiger partial charge is 0.0640 e. The molecule has 2 nitrogen and oxygen atoms in total. The molecule has 0 bridgehead atoms. The van der Waals surface area contributed by atoms with Gasteiger partial charge < -0.3 is 9.47 Å². The minimum absolute atomic E-state index is 0.134. The number of anilines is 3. The first kappa shape index (κ1) is 34.8. The van der Waals surface area contributed by atoms with Crippen LogP contribution in [0.4, 0.5) is 17.1 Å². The maximum absolute atomic E-state index is 2.51. The van der Waals surface area contributed by atoms with E-state index in [1.54, 1.807) is 0 Å². The Bertz CT molecular complexity index is 3450. The molecular weight excluding hydrogens is 745 g/mol. The third-order valence-corrected chi connectivity index (χ3v) is 14.0. The molecule has 12 rings (SSSR count). The van der Waals surface area contributed by atoms with E-state index in [1.165, 1.54) is 92.2 Å².